The van der Waals surface area contributed by atoms with Crippen molar-refractivity contribution in [2.45, 2.75) is 51.7 Å². The van der Waals surface area contributed by atoms with Crippen molar-refractivity contribution in [1.82, 2.24) is 9.47 Å². The van der Waals surface area contributed by atoms with Gasteiger partial charge in [-0.2, -0.15) is 0 Å². The number of aromatic nitrogens is 1. The minimum atomic E-state index is -0.00298. The molecule has 1 saturated heterocycles. The summed E-state index contributed by atoms with van der Waals surface area (Å²) in [6, 6.07) is 6.02. The molecule has 0 spiro atoms. The Labute approximate surface area is 113 Å². The molecule has 1 aromatic rings. The fourth-order valence-electron chi connectivity index (χ4n) is 2.78. The van der Waals surface area contributed by atoms with Crippen LogP contribution >= 0.6 is 11.6 Å². The lowest BCUT2D eigenvalue weighted by Gasteiger charge is -2.39. The molecule has 100 valence electrons. The zero-order valence-corrected chi connectivity index (χ0v) is 11.9. The van der Waals surface area contributed by atoms with E-state index in [9.17, 15) is 4.79 Å². The Balaban J connectivity index is 2.19. The lowest BCUT2D eigenvalue weighted by atomic mass is 10.0. The van der Waals surface area contributed by atoms with E-state index in [1.807, 2.05) is 0 Å². The van der Waals surface area contributed by atoms with E-state index in [4.69, 9.17) is 11.6 Å². The summed E-state index contributed by atoms with van der Waals surface area (Å²) in [5.74, 6) is 0. The van der Waals surface area contributed by atoms with E-state index in [2.05, 4.69) is 18.7 Å². The van der Waals surface area contributed by atoms with Gasteiger partial charge in [0, 0.05) is 24.7 Å². The number of nitrogens with zero attached hydrogens (tertiary/aromatic N) is 2. The molecule has 0 N–H and O–H groups in total. The molecule has 0 amide bonds. The maximum Gasteiger partial charge on any atom is 0.251 e. The number of pyridine rings is 1. The van der Waals surface area contributed by atoms with Crippen LogP contribution in [0.15, 0.2) is 23.0 Å². The number of likely N-dealkylation sites (tertiary alicyclic amines) is 1. The summed E-state index contributed by atoms with van der Waals surface area (Å²) in [4.78, 5) is 14.3. The van der Waals surface area contributed by atoms with Gasteiger partial charge in [0.05, 0.1) is 0 Å². The SMILES string of the molecule is CC(C)N1CCCCC1Cn1c(Cl)cccc1=O. The Morgan fingerprint density at radius 3 is 2.83 bits per heavy atom. The third kappa shape index (κ3) is 2.96. The highest BCUT2D eigenvalue weighted by Crippen LogP contribution is 2.21. The predicted molar refractivity (Wildman–Crippen MR) is 75.2 cm³/mol. The van der Waals surface area contributed by atoms with Gasteiger partial charge in [0.2, 0.25) is 0 Å². The molecule has 1 atom stereocenters. The van der Waals surface area contributed by atoms with Gasteiger partial charge in [-0.15, -0.1) is 0 Å². The Bertz CT molecular complexity index is 455. The summed E-state index contributed by atoms with van der Waals surface area (Å²) in [6.07, 6.45) is 3.65. The van der Waals surface area contributed by atoms with E-state index in [-0.39, 0.29) is 5.56 Å². The summed E-state index contributed by atoms with van der Waals surface area (Å²) in [5.41, 5.74) is -0.00298. The molecule has 0 bridgehead atoms. The number of rotatable bonds is 3. The molecular weight excluding hydrogens is 248 g/mol. The molecule has 2 rings (SSSR count). The van der Waals surface area contributed by atoms with Crippen molar-refractivity contribution in [3.8, 4) is 0 Å². The smallest absolute Gasteiger partial charge is 0.251 e. The van der Waals surface area contributed by atoms with Crippen LogP contribution in [0.1, 0.15) is 33.1 Å². The van der Waals surface area contributed by atoms with Crippen LogP contribution < -0.4 is 5.56 Å². The van der Waals surface area contributed by atoms with Gasteiger partial charge in [-0.1, -0.05) is 24.1 Å². The molecule has 1 aromatic heterocycles. The van der Waals surface area contributed by atoms with Crippen molar-refractivity contribution < 1.29 is 0 Å². The second-order valence-electron chi connectivity index (χ2n) is 5.28. The summed E-state index contributed by atoms with van der Waals surface area (Å²) >= 11 is 6.12. The van der Waals surface area contributed by atoms with Crippen molar-refractivity contribution in [3.05, 3.63) is 33.7 Å². The normalized spacial score (nSPS) is 21.4. The molecular formula is C14H21ClN2O. The van der Waals surface area contributed by atoms with Gasteiger partial charge >= 0.3 is 0 Å². The van der Waals surface area contributed by atoms with Crippen LogP contribution in [0.2, 0.25) is 5.15 Å². The van der Waals surface area contributed by atoms with Gasteiger partial charge < -0.3 is 0 Å². The van der Waals surface area contributed by atoms with Gasteiger partial charge in [-0.25, -0.2) is 0 Å². The Kier molecular flexibility index (Phi) is 4.46. The van der Waals surface area contributed by atoms with Crippen LogP contribution in [0, 0.1) is 0 Å². The lowest BCUT2D eigenvalue weighted by Crippen LogP contribution is -2.47. The first-order valence-corrected chi connectivity index (χ1v) is 7.08. The van der Waals surface area contributed by atoms with Gasteiger partial charge in [0.1, 0.15) is 5.15 Å². The van der Waals surface area contributed by atoms with Gasteiger partial charge in [0.15, 0.2) is 0 Å². The third-order valence-electron chi connectivity index (χ3n) is 3.73. The number of hydrogen-bond donors (Lipinski definition) is 0. The molecule has 0 aromatic carbocycles. The average molecular weight is 269 g/mol. The van der Waals surface area contributed by atoms with E-state index in [0.717, 1.165) is 13.0 Å². The Morgan fingerprint density at radius 2 is 2.17 bits per heavy atom. The Hall–Kier alpha value is -0.800. The molecule has 2 heterocycles. The first-order chi connectivity index (χ1) is 8.59. The minimum Gasteiger partial charge on any atom is -0.297 e. The van der Waals surface area contributed by atoms with Crippen molar-refractivity contribution in [2.24, 2.45) is 0 Å². The summed E-state index contributed by atoms with van der Waals surface area (Å²) in [7, 11) is 0. The predicted octanol–water partition coefficient (Wildman–Crippen LogP) is 2.76. The van der Waals surface area contributed by atoms with E-state index in [0.29, 0.717) is 23.8 Å². The highest BCUT2D eigenvalue weighted by Gasteiger charge is 2.25. The highest BCUT2D eigenvalue weighted by atomic mass is 35.5. The zero-order chi connectivity index (χ0) is 13.1. The van der Waals surface area contributed by atoms with Crippen LogP contribution in [-0.4, -0.2) is 28.1 Å². The van der Waals surface area contributed by atoms with Gasteiger partial charge in [-0.3, -0.25) is 14.3 Å². The maximum atomic E-state index is 11.9. The largest absolute Gasteiger partial charge is 0.297 e. The molecule has 1 aliphatic heterocycles. The monoisotopic (exact) mass is 268 g/mol. The van der Waals surface area contributed by atoms with Gasteiger partial charge in [0.25, 0.3) is 5.56 Å². The Morgan fingerprint density at radius 1 is 1.39 bits per heavy atom. The highest BCUT2D eigenvalue weighted by molar-refractivity contribution is 6.29. The van der Waals surface area contributed by atoms with Crippen LogP contribution in [0.25, 0.3) is 0 Å². The molecule has 18 heavy (non-hydrogen) atoms. The molecule has 3 nitrogen and oxygen atoms in total. The van der Waals surface area contributed by atoms with Crippen LogP contribution in [0.5, 0.6) is 0 Å². The van der Waals surface area contributed by atoms with Crippen LogP contribution in [0.4, 0.5) is 0 Å². The van der Waals surface area contributed by atoms with Crippen molar-refractivity contribution in [2.75, 3.05) is 6.54 Å². The number of hydrogen-bond acceptors (Lipinski definition) is 2. The second-order valence-corrected chi connectivity index (χ2v) is 5.67. The molecule has 0 radical (unpaired) electrons. The van der Waals surface area contributed by atoms with Crippen molar-refractivity contribution in [1.29, 1.82) is 0 Å². The number of halogens is 1. The molecule has 1 unspecified atom stereocenters. The lowest BCUT2D eigenvalue weighted by molar-refractivity contribution is 0.0985. The first kappa shape index (κ1) is 13.6. The topological polar surface area (TPSA) is 25.2 Å². The van der Waals surface area contributed by atoms with Crippen LogP contribution in [0.3, 0.4) is 0 Å². The summed E-state index contributed by atoms with van der Waals surface area (Å²) < 4.78 is 1.69. The second kappa shape index (κ2) is 5.89. The fraction of sp³-hybridized carbons (Fsp3) is 0.643. The molecule has 0 saturated carbocycles. The van der Waals surface area contributed by atoms with Crippen LogP contribution in [-0.2, 0) is 6.54 Å². The molecule has 0 aliphatic carbocycles. The quantitative estimate of drug-likeness (QED) is 0.788. The van der Waals surface area contributed by atoms with E-state index >= 15 is 0 Å². The molecule has 1 aliphatic rings. The summed E-state index contributed by atoms with van der Waals surface area (Å²) in [6.45, 7) is 6.26. The van der Waals surface area contributed by atoms with E-state index in [1.54, 1.807) is 22.8 Å². The minimum absolute atomic E-state index is 0.00298. The van der Waals surface area contributed by atoms with Gasteiger partial charge in [-0.05, 0) is 39.3 Å². The standard InChI is InChI=1S/C14H21ClN2O/c1-11(2)16-9-4-3-6-12(16)10-17-13(15)7-5-8-14(17)18/h5,7-8,11-12H,3-4,6,9-10H2,1-2H3. The third-order valence-corrected chi connectivity index (χ3v) is 4.06. The van der Waals surface area contributed by atoms with Crippen molar-refractivity contribution in [3.63, 3.8) is 0 Å². The zero-order valence-electron chi connectivity index (χ0n) is 11.1. The van der Waals surface area contributed by atoms with Crippen molar-refractivity contribution >= 4 is 11.6 Å². The maximum absolute atomic E-state index is 11.9. The summed E-state index contributed by atoms with van der Waals surface area (Å²) in [5, 5.41) is 0.539. The van der Waals surface area contributed by atoms with E-state index < -0.39 is 0 Å². The first-order valence-electron chi connectivity index (χ1n) is 6.70. The average Bonchev–Trinajstić information content (AvgIpc) is 2.34. The molecule has 4 heteroatoms. The molecule has 1 fully saturated rings. The number of piperidine rings is 1. The van der Waals surface area contributed by atoms with E-state index in [1.165, 1.54) is 12.8 Å². The fourth-order valence-corrected chi connectivity index (χ4v) is 3.01.